The van der Waals surface area contributed by atoms with Crippen molar-refractivity contribution < 1.29 is 4.74 Å². The molecule has 1 fully saturated rings. The molecule has 0 saturated carbocycles. The number of nitrogens with one attached hydrogen (secondary N) is 1. The highest BCUT2D eigenvalue weighted by Gasteiger charge is 2.24. The van der Waals surface area contributed by atoms with Gasteiger partial charge in [0.05, 0.1) is 24.6 Å². The highest BCUT2D eigenvalue weighted by Crippen LogP contribution is 2.25. The van der Waals surface area contributed by atoms with E-state index >= 15 is 0 Å². The van der Waals surface area contributed by atoms with Gasteiger partial charge < -0.3 is 9.64 Å². The summed E-state index contributed by atoms with van der Waals surface area (Å²) in [5.41, 5.74) is 7.65. The molecular formula is C18H21N3O. The molecule has 1 aliphatic heterocycles. The first-order chi connectivity index (χ1) is 10.7. The molecule has 0 aliphatic carbocycles. The van der Waals surface area contributed by atoms with Crippen molar-refractivity contribution in [3.05, 3.63) is 59.7 Å². The van der Waals surface area contributed by atoms with Gasteiger partial charge in [0.2, 0.25) is 0 Å². The third-order valence-corrected chi connectivity index (χ3v) is 3.62. The maximum absolute atomic E-state index is 5.36. The topological polar surface area (TPSA) is 40.2 Å². The molecular weight excluding hydrogens is 274 g/mol. The van der Waals surface area contributed by atoms with E-state index in [1.54, 1.807) is 0 Å². The van der Waals surface area contributed by atoms with Gasteiger partial charge in [-0.2, -0.15) is 5.10 Å². The highest BCUT2D eigenvalue weighted by molar-refractivity contribution is 5.81. The summed E-state index contributed by atoms with van der Waals surface area (Å²) in [5.74, 6) is 0. The van der Waals surface area contributed by atoms with Crippen molar-refractivity contribution in [2.24, 2.45) is 5.10 Å². The first-order valence-corrected chi connectivity index (χ1v) is 7.48. The van der Waals surface area contributed by atoms with Crippen molar-refractivity contribution in [2.45, 2.75) is 12.5 Å². The van der Waals surface area contributed by atoms with Crippen LogP contribution in [-0.2, 0) is 11.2 Å². The van der Waals surface area contributed by atoms with Gasteiger partial charge >= 0.3 is 0 Å². The fourth-order valence-corrected chi connectivity index (χ4v) is 2.41. The molecule has 4 heteroatoms. The van der Waals surface area contributed by atoms with Crippen molar-refractivity contribution >= 4 is 17.6 Å². The van der Waals surface area contributed by atoms with E-state index in [0.717, 1.165) is 24.3 Å². The first-order valence-electron chi connectivity index (χ1n) is 7.48. The number of ether oxygens (including phenoxy) is 1. The van der Waals surface area contributed by atoms with Crippen LogP contribution in [0.4, 0.5) is 11.4 Å². The minimum absolute atomic E-state index is 0.383. The Balaban J connectivity index is 1.72. The summed E-state index contributed by atoms with van der Waals surface area (Å²) in [6, 6.07) is 16.3. The molecule has 1 heterocycles. The van der Waals surface area contributed by atoms with E-state index in [0.29, 0.717) is 6.10 Å². The summed E-state index contributed by atoms with van der Waals surface area (Å²) in [7, 11) is 4.13. The van der Waals surface area contributed by atoms with Gasteiger partial charge in [-0.25, -0.2) is 0 Å². The lowest BCUT2D eigenvalue weighted by Crippen LogP contribution is -2.12. The highest BCUT2D eigenvalue weighted by atomic mass is 16.6. The number of rotatable bonds is 6. The molecule has 1 unspecified atom stereocenters. The number of benzene rings is 2. The molecule has 0 aromatic heterocycles. The third-order valence-electron chi connectivity index (χ3n) is 3.62. The fourth-order valence-electron chi connectivity index (χ4n) is 2.41. The monoisotopic (exact) mass is 295 g/mol. The number of hydrazone groups is 1. The van der Waals surface area contributed by atoms with Crippen LogP contribution >= 0.6 is 0 Å². The smallest absolute Gasteiger partial charge is 0.0850 e. The number of anilines is 2. The molecule has 22 heavy (non-hydrogen) atoms. The van der Waals surface area contributed by atoms with Crippen LogP contribution in [0.3, 0.4) is 0 Å². The number of para-hydroxylation sites is 1. The SMILES string of the molecule is CN(C)c1ccc(C=NNc2ccccc2)cc1CC1CO1. The maximum Gasteiger partial charge on any atom is 0.0850 e. The van der Waals surface area contributed by atoms with Crippen molar-refractivity contribution in [3.8, 4) is 0 Å². The molecule has 0 bridgehead atoms. The average molecular weight is 295 g/mol. The van der Waals surface area contributed by atoms with Gasteiger partial charge in [-0.05, 0) is 35.4 Å². The Morgan fingerprint density at radius 1 is 1.23 bits per heavy atom. The molecule has 1 atom stereocenters. The molecule has 2 aromatic rings. The van der Waals surface area contributed by atoms with Crippen LogP contribution in [0, 0.1) is 0 Å². The van der Waals surface area contributed by atoms with E-state index in [4.69, 9.17) is 4.74 Å². The number of epoxide rings is 1. The molecule has 2 aromatic carbocycles. The third kappa shape index (κ3) is 3.86. The minimum atomic E-state index is 0.383. The van der Waals surface area contributed by atoms with E-state index in [9.17, 15) is 0 Å². The molecule has 0 spiro atoms. The molecule has 3 rings (SSSR count). The quantitative estimate of drug-likeness (QED) is 0.505. The lowest BCUT2D eigenvalue weighted by atomic mass is 10.0. The lowest BCUT2D eigenvalue weighted by Gasteiger charge is -2.17. The van der Waals surface area contributed by atoms with Crippen LogP contribution in [-0.4, -0.2) is 33.0 Å². The second kappa shape index (κ2) is 6.62. The van der Waals surface area contributed by atoms with Crippen LogP contribution in [0.5, 0.6) is 0 Å². The maximum atomic E-state index is 5.36. The van der Waals surface area contributed by atoms with E-state index < -0.39 is 0 Å². The molecule has 1 N–H and O–H groups in total. The number of hydrogen-bond donors (Lipinski definition) is 1. The Morgan fingerprint density at radius 2 is 2.00 bits per heavy atom. The Morgan fingerprint density at radius 3 is 2.68 bits per heavy atom. The van der Waals surface area contributed by atoms with Crippen molar-refractivity contribution in [1.82, 2.24) is 0 Å². The van der Waals surface area contributed by atoms with Crippen LogP contribution in [0.2, 0.25) is 0 Å². The Hall–Kier alpha value is -2.33. The molecule has 1 aliphatic rings. The van der Waals surface area contributed by atoms with E-state index in [1.807, 2.05) is 36.5 Å². The summed E-state index contributed by atoms with van der Waals surface area (Å²) in [4.78, 5) is 2.14. The molecule has 0 radical (unpaired) electrons. The van der Waals surface area contributed by atoms with Gasteiger partial charge in [-0.1, -0.05) is 24.3 Å². The summed E-state index contributed by atoms with van der Waals surface area (Å²) in [6.07, 6.45) is 3.19. The molecule has 114 valence electrons. The number of hydrogen-bond acceptors (Lipinski definition) is 4. The second-order valence-electron chi connectivity index (χ2n) is 5.68. The predicted molar refractivity (Wildman–Crippen MR) is 91.9 cm³/mol. The molecule has 4 nitrogen and oxygen atoms in total. The van der Waals surface area contributed by atoms with Gasteiger partial charge in [0.25, 0.3) is 0 Å². The zero-order valence-electron chi connectivity index (χ0n) is 13.0. The summed E-state index contributed by atoms with van der Waals surface area (Å²) in [5, 5.41) is 4.30. The predicted octanol–water partition coefficient (Wildman–Crippen LogP) is 3.14. The molecule has 1 saturated heterocycles. The van der Waals surface area contributed by atoms with Crippen molar-refractivity contribution in [2.75, 3.05) is 31.0 Å². The Labute approximate surface area is 131 Å². The van der Waals surface area contributed by atoms with Gasteiger partial charge in [0.15, 0.2) is 0 Å². The average Bonchev–Trinajstić information content (AvgIpc) is 3.32. The van der Waals surface area contributed by atoms with Crippen LogP contribution in [0.15, 0.2) is 53.6 Å². The van der Waals surface area contributed by atoms with Crippen molar-refractivity contribution in [1.29, 1.82) is 0 Å². The first kappa shape index (κ1) is 14.6. The largest absolute Gasteiger partial charge is 0.377 e. The Kier molecular flexibility index (Phi) is 4.39. The van der Waals surface area contributed by atoms with Gasteiger partial charge in [-0.3, -0.25) is 5.43 Å². The van der Waals surface area contributed by atoms with Gasteiger partial charge in [-0.15, -0.1) is 0 Å². The molecule has 0 amide bonds. The van der Waals surface area contributed by atoms with E-state index in [1.165, 1.54) is 11.3 Å². The van der Waals surface area contributed by atoms with E-state index in [-0.39, 0.29) is 0 Å². The number of nitrogens with zero attached hydrogens (tertiary/aromatic N) is 2. The van der Waals surface area contributed by atoms with Gasteiger partial charge in [0, 0.05) is 26.2 Å². The second-order valence-corrected chi connectivity index (χ2v) is 5.68. The van der Waals surface area contributed by atoms with Crippen LogP contribution < -0.4 is 10.3 Å². The minimum Gasteiger partial charge on any atom is -0.377 e. The summed E-state index contributed by atoms with van der Waals surface area (Å²) < 4.78 is 5.36. The normalized spacial score (nSPS) is 16.7. The lowest BCUT2D eigenvalue weighted by molar-refractivity contribution is 0.407. The Bertz CT molecular complexity index is 649. The van der Waals surface area contributed by atoms with E-state index in [2.05, 4.69) is 47.7 Å². The zero-order chi connectivity index (χ0) is 15.4. The van der Waals surface area contributed by atoms with Gasteiger partial charge in [0.1, 0.15) is 0 Å². The zero-order valence-corrected chi connectivity index (χ0v) is 13.0. The summed E-state index contributed by atoms with van der Waals surface area (Å²) >= 11 is 0. The fraction of sp³-hybridized carbons (Fsp3) is 0.278. The standard InChI is InChI=1S/C18H21N3O/c1-21(2)18-9-8-14(10-15(18)11-17-13-22-17)12-19-20-16-6-4-3-5-7-16/h3-10,12,17,20H,11,13H2,1-2H3. The van der Waals surface area contributed by atoms with Crippen LogP contribution in [0.25, 0.3) is 0 Å². The summed E-state index contributed by atoms with van der Waals surface area (Å²) in [6.45, 7) is 0.876. The van der Waals surface area contributed by atoms with Crippen LogP contribution in [0.1, 0.15) is 11.1 Å². The van der Waals surface area contributed by atoms with Crippen molar-refractivity contribution in [3.63, 3.8) is 0 Å².